The van der Waals surface area contributed by atoms with Crippen LogP contribution in [0.1, 0.15) is 13.3 Å². The van der Waals surface area contributed by atoms with Gasteiger partial charge in [-0.25, -0.2) is 0 Å². The number of hydrogen-bond acceptors (Lipinski definition) is 6. The fourth-order valence-corrected chi connectivity index (χ4v) is 2.78. The summed E-state index contributed by atoms with van der Waals surface area (Å²) in [5.74, 6) is 3.12. The van der Waals surface area contributed by atoms with E-state index < -0.39 is 5.72 Å². The van der Waals surface area contributed by atoms with Crippen molar-refractivity contribution < 1.29 is 23.7 Å². The molecule has 25 heavy (non-hydrogen) atoms. The first-order chi connectivity index (χ1) is 12.0. The van der Waals surface area contributed by atoms with Crippen LogP contribution in [0.15, 0.2) is 42.5 Å². The molecule has 0 spiro atoms. The first-order valence-corrected chi connectivity index (χ1v) is 8.12. The summed E-state index contributed by atoms with van der Waals surface area (Å²) < 4.78 is 28.4. The quantitative estimate of drug-likeness (QED) is 0.868. The maximum Gasteiger partial charge on any atom is 0.203 e. The van der Waals surface area contributed by atoms with E-state index in [1.807, 2.05) is 42.5 Å². The van der Waals surface area contributed by atoms with Gasteiger partial charge >= 0.3 is 0 Å². The second-order valence-corrected chi connectivity index (χ2v) is 5.97. The average molecular weight is 345 g/mol. The molecule has 1 aliphatic rings. The van der Waals surface area contributed by atoms with Crippen LogP contribution in [-0.4, -0.2) is 32.7 Å². The van der Waals surface area contributed by atoms with Crippen LogP contribution in [0.3, 0.4) is 0 Å². The van der Waals surface area contributed by atoms with Crippen LogP contribution in [0.4, 0.5) is 0 Å². The number of para-hydroxylation sites is 3. The van der Waals surface area contributed by atoms with Crippen molar-refractivity contribution in [3.8, 4) is 28.7 Å². The van der Waals surface area contributed by atoms with Crippen molar-refractivity contribution >= 4 is 0 Å². The molecule has 6 heteroatoms. The lowest BCUT2D eigenvalue weighted by atomic mass is 10.0. The van der Waals surface area contributed by atoms with E-state index in [0.29, 0.717) is 41.8 Å². The Morgan fingerprint density at radius 1 is 1.00 bits per heavy atom. The summed E-state index contributed by atoms with van der Waals surface area (Å²) in [6, 6.07) is 13.0. The molecule has 0 bridgehead atoms. The zero-order valence-corrected chi connectivity index (χ0v) is 14.7. The molecular weight excluding hydrogens is 322 g/mol. The van der Waals surface area contributed by atoms with Crippen molar-refractivity contribution in [2.45, 2.75) is 25.2 Å². The number of rotatable bonds is 6. The molecule has 0 amide bonds. The molecule has 0 aliphatic carbocycles. The van der Waals surface area contributed by atoms with Gasteiger partial charge in [-0.05, 0) is 31.2 Å². The standard InChI is InChI=1S/C19H23NO5/c1-19(20)17(24-13-7-4-5-8-14(13)25-19)11-12-23-18-15(21-2)9-6-10-16(18)22-3/h4-10,17H,11-12,20H2,1-3H3. The fraction of sp³-hybridized carbons (Fsp3) is 0.368. The van der Waals surface area contributed by atoms with E-state index in [9.17, 15) is 0 Å². The van der Waals surface area contributed by atoms with Crippen molar-refractivity contribution in [3.63, 3.8) is 0 Å². The van der Waals surface area contributed by atoms with E-state index in [0.717, 1.165) is 0 Å². The third-order valence-electron chi connectivity index (χ3n) is 4.10. The highest BCUT2D eigenvalue weighted by Gasteiger charge is 2.39. The van der Waals surface area contributed by atoms with Gasteiger partial charge in [0.2, 0.25) is 5.75 Å². The summed E-state index contributed by atoms with van der Waals surface area (Å²) >= 11 is 0. The largest absolute Gasteiger partial charge is 0.493 e. The average Bonchev–Trinajstić information content (AvgIpc) is 2.61. The van der Waals surface area contributed by atoms with Crippen molar-refractivity contribution in [1.29, 1.82) is 0 Å². The van der Waals surface area contributed by atoms with Crippen LogP contribution in [-0.2, 0) is 0 Å². The van der Waals surface area contributed by atoms with Gasteiger partial charge in [-0.1, -0.05) is 18.2 Å². The number of hydrogen-bond donors (Lipinski definition) is 1. The number of methoxy groups -OCH3 is 2. The predicted octanol–water partition coefficient (Wildman–Crippen LogP) is 2.99. The molecule has 0 saturated carbocycles. The molecule has 134 valence electrons. The van der Waals surface area contributed by atoms with E-state index in [-0.39, 0.29) is 6.10 Å². The minimum absolute atomic E-state index is 0.344. The zero-order valence-electron chi connectivity index (χ0n) is 14.7. The number of fused-ring (bicyclic) bond motifs is 1. The Balaban J connectivity index is 1.68. The molecule has 0 radical (unpaired) electrons. The summed E-state index contributed by atoms with van der Waals surface area (Å²) in [4.78, 5) is 0. The first kappa shape index (κ1) is 17.2. The van der Waals surface area contributed by atoms with Gasteiger partial charge in [0, 0.05) is 6.42 Å². The van der Waals surface area contributed by atoms with Gasteiger partial charge < -0.3 is 23.7 Å². The van der Waals surface area contributed by atoms with Crippen molar-refractivity contribution in [2.24, 2.45) is 5.73 Å². The SMILES string of the molecule is COc1cccc(OC)c1OCCC1Oc2ccccc2OC1(C)N. The number of benzene rings is 2. The monoisotopic (exact) mass is 345 g/mol. The van der Waals surface area contributed by atoms with Crippen LogP contribution in [0.5, 0.6) is 28.7 Å². The molecule has 1 aliphatic heterocycles. The highest BCUT2D eigenvalue weighted by atomic mass is 16.6. The maximum absolute atomic E-state index is 6.28. The van der Waals surface area contributed by atoms with Gasteiger partial charge in [0.25, 0.3) is 0 Å². The third kappa shape index (κ3) is 3.58. The van der Waals surface area contributed by atoms with Crippen molar-refractivity contribution in [2.75, 3.05) is 20.8 Å². The Labute approximate surface area is 147 Å². The van der Waals surface area contributed by atoms with Crippen molar-refractivity contribution in [3.05, 3.63) is 42.5 Å². The molecule has 2 atom stereocenters. The number of ether oxygens (including phenoxy) is 5. The second kappa shape index (κ2) is 7.11. The van der Waals surface area contributed by atoms with Crippen LogP contribution in [0.2, 0.25) is 0 Å². The van der Waals surface area contributed by atoms with Gasteiger partial charge in [-0.15, -0.1) is 0 Å². The van der Waals surface area contributed by atoms with Crippen LogP contribution in [0, 0.1) is 0 Å². The van der Waals surface area contributed by atoms with E-state index in [1.54, 1.807) is 21.1 Å². The Bertz CT molecular complexity index is 709. The zero-order chi connectivity index (χ0) is 17.9. The molecule has 2 aromatic carbocycles. The second-order valence-electron chi connectivity index (χ2n) is 5.97. The molecule has 2 N–H and O–H groups in total. The molecule has 0 saturated heterocycles. The summed E-state index contributed by atoms with van der Waals surface area (Å²) in [7, 11) is 3.18. The Hall–Kier alpha value is -2.60. The summed E-state index contributed by atoms with van der Waals surface area (Å²) in [6.45, 7) is 2.18. The molecule has 6 nitrogen and oxygen atoms in total. The third-order valence-corrected chi connectivity index (χ3v) is 4.10. The normalized spacial score (nSPS) is 21.5. The highest BCUT2D eigenvalue weighted by Crippen LogP contribution is 2.39. The predicted molar refractivity (Wildman–Crippen MR) is 93.7 cm³/mol. The first-order valence-electron chi connectivity index (χ1n) is 8.12. The van der Waals surface area contributed by atoms with Crippen molar-refractivity contribution in [1.82, 2.24) is 0 Å². The Morgan fingerprint density at radius 3 is 2.28 bits per heavy atom. The lowest BCUT2D eigenvalue weighted by Crippen LogP contribution is -2.58. The fourth-order valence-electron chi connectivity index (χ4n) is 2.78. The summed E-state index contributed by atoms with van der Waals surface area (Å²) in [5, 5.41) is 0. The van der Waals surface area contributed by atoms with Gasteiger partial charge in [0.05, 0.1) is 20.8 Å². The van der Waals surface area contributed by atoms with Crippen LogP contribution < -0.4 is 29.4 Å². The molecule has 2 aromatic rings. The number of nitrogens with two attached hydrogens (primary N) is 1. The Morgan fingerprint density at radius 2 is 1.64 bits per heavy atom. The van der Waals surface area contributed by atoms with Crippen LogP contribution in [0.25, 0.3) is 0 Å². The maximum atomic E-state index is 6.28. The lowest BCUT2D eigenvalue weighted by Gasteiger charge is -2.39. The smallest absolute Gasteiger partial charge is 0.203 e. The molecule has 0 aromatic heterocycles. The van der Waals surface area contributed by atoms with Gasteiger partial charge in [0.1, 0.15) is 0 Å². The van der Waals surface area contributed by atoms with E-state index in [1.165, 1.54) is 0 Å². The minimum Gasteiger partial charge on any atom is -0.493 e. The molecular formula is C19H23NO5. The van der Waals surface area contributed by atoms with Gasteiger partial charge in [0.15, 0.2) is 34.8 Å². The lowest BCUT2D eigenvalue weighted by molar-refractivity contribution is -0.0584. The van der Waals surface area contributed by atoms with Crippen LogP contribution >= 0.6 is 0 Å². The summed E-state index contributed by atoms with van der Waals surface area (Å²) in [5.41, 5.74) is 5.33. The Kier molecular flexibility index (Phi) is 4.90. The highest BCUT2D eigenvalue weighted by molar-refractivity contribution is 5.51. The molecule has 3 rings (SSSR count). The van der Waals surface area contributed by atoms with Gasteiger partial charge in [-0.3, -0.25) is 5.73 Å². The molecule has 1 heterocycles. The van der Waals surface area contributed by atoms with Gasteiger partial charge in [-0.2, -0.15) is 0 Å². The van der Waals surface area contributed by atoms with E-state index in [4.69, 9.17) is 29.4 Å². The molecule has 2 unspecified atom stereocenters. The minimum atomic E-state index is -0.942. The molecule has 0 fully saturated rings. The summed E-state index contributed by atoms with van der Waals surface area (Å²) in [6.07, 6.45) is 0.200. The van der Waals surface area contributed by atoms with E-state index >= 15 is 0 Å². The van der Waals surface area contributed by atoms with E-state index in [2.05, 4.69) is 0 Å². The topological polar surface area (TPSA) is 72.2 Å².